The molecule has 0 amide bonds. The molecule has 0 rings (SSSR count). The lowest BCUT2D eigenvalue weighted by atomic mass is 10.3. The predicted octanol–water partition coefficient (Wildman–Crippen LogP) is 1.27. The summed E-state index contributed by atoms with van der Waals surface area (Å²) < 4.78 is 39.6. The molecule has 0 fully saturated rings. The second kappa shape index (κ2) is 7.03. The summed E-state index contributed by atoms with van der Waals surface area (Å²) in [6.07, 6.45) is -4.26. The summed E-state index contributed by atoms with van der Waals surface area (Å²) in [4.78, 5) is 1.86. The van der Waals surface area contributed by atoms with Gasteiger partial charge in [0.2, 0.25) is 0 Å². The molecule has 92 valence electrons. The lowest BCUT2D eigenvalue weighted by Gasteiger charge is -2.25. The minimum atomic E-state index is -4.26. The van der Waals surface area contributed by atoms with Crippen molar-refractivity contribution in [3.63, 3.8) is 0 Å². The van der Waals surface area contributed by atoms with Gasteiger partial charge < -0.3 is 9.84 Å². The van der Waals surface area contributed by atoms with Crippen LogP contribution in [0.5, 0.6) is 0 Å². The van der Waals surface area contributed by atoms with E-state index in [0.717, 1.165) is 0 Å². The molecule has 0 aromatic rings. The molecule has 0 aliphatic heterocycles. The molecule has 3 nitrogen and oxygen atoms in total. The molecule has 0 heterocycles. The van der Waals surface area contributed by atoms with Crippen molar-refractivity contribution in [3.8, 4) is 0 Å². The number of rotatable bonds is 7. The fourth-order valence-corrected chi connectivity index (χ4v) is 1.13. The van der Waals surface area contributed by atoms with Crippen LogP contribution in [0.1, 0.15) is 13.8 Å². The van der Waals surface area contributed by atoms with Crippen molar-refractivity contribution in [2.45, 2.75) is 26.1 Å². The molecule has 0 saturated carbocycles. The highest BCUT2D eigenvalue weighted by molar-refractivity contribution is 4.61. The van der Waals surface area contributed by atoms with E-state index in [1.165, 1.54) is 0 Å². The van der Waals surface area contributed by atoms with Gasteiger partial charge >= 0.3 is 6.18 Å². The molecule has 0 aliphatic rings. The minimum absolute atomic E-state index is 0.00253. The van der Waals surface area contributed by atoms with Crippen molar-refractivity contribution in [1.29, 1.82) is 0 Å². The molecule has 0 spiro atoms. The highest BCUT2D eigenvalue weighted by Crippen LogP contribution is 2.14. The smallest absolute Gasteiger partial charge is 0.395 e. The number of nitrogens with zero attached hydrogens (tertiary/aromatic N) is 1. The normalized spacial score (nSPS) is 12.8. The summed E-state index contributed by atoms with van der Waals surface area (Å²) in [6, 6.07) is 0.187. The maximum Gasteiger partial charge on any atom is 0.411 e. The maximum atomic E-state index is 11.7. The van der Waals surface area contributed by atoms with Crippen molar-refractivity contribution in [1.82, 2.24) is 4.90 Å². The molecule has 0 aliphatic carbocycles. The lowest BCUT2D eigenvalue weighted by molar-refractivity contribution is -0.174. The van der Waals surface area contributed by atoms with Gasteiger partial charge in [0.05, 0.1) is 13.2 Å². The minimum Gasteiger partial charge on any atom is -0.395 e. The third-order valence-corrected chi connectivity index (χ3v) is 1.91. The molecule has 0 aromatic carbocycles. The summed E-state index contributed by atoms with van der Waals surface area (Å²) in [5, 5.41) is 8.71. The van der Waals surface area contributed by atoms with Gasteiger partial charge in [-0.3, -0.25) is 4.90 Å². The topological polar surface area (TPSA) is 32.7 Å². The van der Waals surface area contributed by atoms with Gasteiger partial charge in [-0.1, -0.05) is 0 Å². The Hall–Kier alpha value is -0.330. The van der Waals surface area contributed by atoms with Crippen LogP contribution in [0.25, 0.3) is 0 Å². The number of aliphatic hydroxyl groups excluding tert-OH is 1. The van der Waals surface area contributed by atoms with Crippen LogP contribution in [0.4, 0.5) is 13.2 Å². The molecule has 0 unspecified atom stereocenters. The Bertz CT molecular complexity index is 162. The Morgan fingerprint density at radius 2 is 1.87 bits per heavy atom. The molecule has 0 aromatic heterocycles. The van der Waals surface area contributed by atoms with E-state index in [1.807, 2.05) is 18.7 Å². The van der Waals surface area contributed by atoms with E-state index in [9.17, 15) is 13.2 Å². The van der Waals surface area contributed by atoms with Crippen molar-refractivity contribution in [2.75, 3.05) is 32.9 Å². The number of aliphatic hydroxyl groups is 1. The lowest BCUT2D eigenvalue weighted by Crippen LogP contribution is -2.36. The highest BCUT2D eigenvalue weighted by Gasteiger charge is 2.27. The average molecular weight is 229 g/mol. The standard InChI is InChI=1S/C9H18F3NO2/c1-8(2)13(3-5-14)4-6-15-7-9(10,11)12/h8,14H,3-7H2,1-2H3. The monoisotopic (exact) mass is 229 g/mol. The zero-order valence-electron chi connectivity index (χ0n) is 9.05. The van der Waals surface area contributed by atoms with Crippen LogP contribution in [0.3, 0.4) is 0 Å². The number of alkyl halides is 3. The second-order valence-corrected chi connectivity index (χ2v) is 3.52. The van der Waals surface area contributed by atoms with E-state index in [1.54, 1.807) is 0 Å². The van der Waals surface area contributed by atoms with Crippen LogP contribution >= 0.6 is 0 Å². The summed E-state index contributed by atoms with van der Waals surface area (Å²) in [5.41, 5.74) is 0. The Morgan fingerprint density at radius 3 is 2.27 bits per heavy atom. The quantitative estimate of drug-likeness (QED) is 0.667. The number of ether oxygens (including phenoxy) is 1. The molecular formula is C9H18F3NO2. The van der Waals surface area contributed by atoms with Gasteiger partial charge in [-0.15, -0.1) is 0 Å². The van der Waals surface area contributed by atoms with Gasteiger partial charge in [0.1, 0.15) is 6.61 Å². The molecular weight excluding hydrogens is 211 g/mol. The molecule has 0 bridgehead atoms. The van der Waals surface area contributed by atoms with Gasteiger partial charge in [-0.25, -0.2) is 0 Å². The Kier molecular flexibility index (Phi) is 6.87. The van der Waals surface area contributed by atoms with E-state index in [4.69, 9.17) is 5.11 Å². The predicted molar refractivity (Wildman–Crippen MR) is 50.7 cm³/mol. The van der Waals surface area contributed by atoms with Crippen molar-refractivity contribution in [3.05, 3.63) is 0 Å². The summed E-state index contributed by atoms with van der Waals surface area (Å²) in [7, 11) is 0. The first-order valence-corrected chi connectivity index (χ1v) is 4.86. The molecule has 0 radical (unpaired) electrons. The SMILES string of the molecule is CC(C)N(CCO)CCOCC(F)(F)F. The van der Waals surface area contributed by atoms with Crippen LogP contribution in [0.2, 0.25) is 0 Å². The number of halogens is 3. The fourth-order valence-electron chi connectivity index (χ4n) is 1.13. The second-order valence-electron chi connectivity index (χ2n) is 3.52. The van der Waals surface area contributed by atoms with Crippen LogP contribution in [0, 0.1) is 0 Å². The van der Waals surface area contributed by atoms with E-state index >= 15 is 0 Å². The largest absolute Gasteiger partial charge is 0.411 e. The fraction of sp³-hybridized carbons (Fsp3) is 1.00. The Balaban J connectivity index is 3.62. The van der Waals surface area contributed by atoms with E-state index < -0.39 is 12.8 Å². The van der Waals surface area contributed by atoms with Gasteiger partial charge in [-0.05, 0) is 13.8 Å². The van der Waals surface area contributed by atoms with Crippen molar-refractivity contribution < 1.29 is 23.0 Å². The first-order valence-electron chi connectivity index (χ1n) is 4.86. The van der Waals surface area contributed by atoms with E-state index in [0.29, 0.717) is 13.1 Å². The van der Waals surface area contributed by atoms with Gasteiger partial charge in [0.15, 0.2) is 0 Å². The number of hydrogen-bond acceptors (Lipinski definition) is 3. The Morgan fingerprint density at radius 1 is 1.27 bits per heavy atom. The molecule has 6 heteroatoms. The van der Waals surface area contributed by atoms with Crippen LogP contribution < -0.4 is 0 Å². The Labute approximate surface area is 87.8 Å². The van der Waals surface area contributed by atoms with Gasteiger partial charge in [0, 0.05) is 19.1 Å². The maximum absolute atomic E-state index is 11.7. The van der Waals surface area contributed by atoms with Gasteiger partial charge in [0.25, 0.3) is 0 Å². The van der Waals surface area contributed by atoms with E-state index in [2.05, 4.69) is 4.74 Å². The zero-order valence-corrected chi connectivity index (χ0v) is 9.05. The zero-order chi connectivity index (χ0) is 11.9. The summed E-state index contributed by atoms with van der Waals surface area (Å²) in [6.45, 7) is 3.49. The molecule has 15 heavy (non-hydrogen) atoms. The van der Waals surface area contributed by atoms with Crippen molar-refractivity contribution in [2.24, 2.45) is 0 Å². The first kappa shape index (κ1) is 14.7. The number of hydrogen-bond donors (Lipinski definition) is 1. The third-order valence-electron chi connectivity index (χ3n) is 1.91. The molecule has 0 saturated heterocycles. The third kappa shape index (κ3) is 8.65. The molecule has 1 N–H and O–H groups in total. The van der Waals surface area contributed by atoms with Gasteiger partial charge in [-0.2, -0.15) is 13.2 Å². The van der Waals surface area contributed by atoms with Crippen molar-refractivity contribution >= 4 is 0 Å². The molecule has 0 atom stereocenters. The highest BCUT2D eigenvalue weighted by atomic mass is 19.4. The summed E-state index contributed by atoms with van der Waals surface area (Å²) in [5.74, 6) is 0. The van der Waals surface area contributed by atoms with Crippen LogP contribution in [-0.4, -0.2) is 55.1 Å². The first-order chi connectivity index (χ1) is 6.87. The van der Waals surface area contributed by atoms with Crippen LogP contribution in [0.15, 0.2) is 0 Å². The average Bonchev–Trinajstić information content (AvgIpc) is 2.08. The summed E-state index contributed by atoms with van der Waals surface area (Å²) >= 11 is 0. The van der Waals surface area contributed by atoms with Crippen LogP contribution in [-0.2, 0) is 4.74 Å². The van der Waals surface area contributed by atoms with E-state index in [-0.39, 0.29) is 19.3 Å².